The minimum Gasteiger partial charge on any atom is -0.456 e. The summed E-state index contributed by atoms with van der Waals surface area (Å²) in [6.07, 6.45) is 0. The standard InChI is InChI=1S/C50H36O/c1-49(2)42-15-8-7-12-35(42)36-20-17-31(26-43(36)49)32-18-22-38-37-21-16-30(25-44(37)50(3,4)45(38)27-32)29-19-23-46-41(24-29)40-14-9-13-39-34-11-6-5-10-33(34)28-47(51-46)48(39)40/h5-28H,1-4H3. The molecule has 8 aromatic rings. The van der Waals surface area contributed by atoms with Gasteiger partial charge in [-0.25, -0.2) is 0 Å². The summed E-state index contributed by atoms with van der Waals surface area (Å²) in [5, 5.41) is 4.89. The van der Waals surface area contributed by atoms with Gasteiger partial charge in [-0.05, 0) is 125 Å². The minimum absolute atomic E-state index is 0.0162. The van der Waals surface area contributed by atoms with Crippen LogP contribution in [0.1, 0.15) is 49.9 Å². The van der Waals surface area contributed by atoms with E-state index in [9.17, 15) is 0 Å². The van der Waals surface area contributed by atoms with Crippen molar-refractivity contribution in [1.82, 2.24) is 0 Å². The van der Waals surface area contributed by atoms with Crippen LogP contribution in [0.15, 0.2) is 146 Å². The zero-order valence-electron chi connectivity index (χ0n) is 29.3. The Morgan fingerprint density at radius 3 is 1.55 bits per heavy atom. The predicted octanol–water partition coefficient (Wildman–Crippen LogP) is 13.7. The highest BCUT2D eigenvalue weighted by Gasteiger charge is 2.37. The Kier molecular flexibility index (Phi) is 5.58. The molecule has 242 valence electrons. The van der Waals surface area contributed by atoms with Gasteiger partial charge >= 0.3 is 0 Å². The van der Waals surface area contributed by atoms with Gasteiger partial charge in [0.1, 0.15) is 11.5 Å². The second-order valence-corrected chi connectivity index (χ2v) is 15.7. The van der Waals surface area contributed by atoms with Crippen LogP contribution in [-0.4, -0.2) is 0 Å². The van der Waals surface area contributed by atoms with E-state index in [4.69, 9.17) is 4.74 Å². The summed E-state index contributed by atoms with van der Waals surface area (Å²) in [5.41, 5.74) is 18.2. The zero-order valence-corrected chi connectivity index (χ0v) is 29.3. The van der Waals surface area contributed by atoms with Crippen LogP contribution in [0.25, 0.3) is 77.2 Å². The Bertz CT molecular complexity index is 2830. The van der Waals surface area contributed by atoms with Crippen molar-refractivity contribution >= 4 is 21.5 Å². The van der Waals surface area contributed by atoms with Crippen LogP contribution < -0.4 is 4.74 Å². The van der Waals surface area contributed by atoms with Gasteiger partial charge in [-0.1, -0.05) is 137 Å². The SMILES string of the molecule is CC1(C)c2ccccc2-c2ccc(-c3ccc4c(c3)C(C)(C)c3cc(-c5ccc6c(c5)-c5cccc7c5c(cc5ccccc57)O6)ccc3-4)cc21. The number of benzene rings is 8. The third kappa shape index (κ3) is 3.87. The molecule has 0 bridgehead atoms. The van der Waals surface area contributed by atoms with Crippen LogP contribution in [0.3, 0.4) is 0 Å². The van der Waals surface area contributed by atoms with Crippen molar-refractivity contribution in [2.75, 3.05) is 0 Å². The first-order valence-corrected chi connectivity index (χ1v) is 18.1. The Morgan fingerprint density at radius 2 is 0.863 bits per heavy atom. The summed E-state index contributed by atoms with van der Waals surface area (Å²) in [6.45, 7) is 9.49. The lowest BCUT2D eigenvalue weighted by Crippen LogP contribution is -2.15. The van der Waals surface area contributed by atoms with Gasteiger partial charge in [-0.15, -0.1) is 0 Å². The largest absolute Gasteiger partial charge is 0.456 e. The molecule has 51 heavy (non-hydrogen) atoms. The summed E-state index contributed by atoms with van der Waals surface area (Å²) >= 11 is 0. The maximum atomic E-state index is 6.60. The highest BCUT2D eigenvalue weighted by atomic mass is 16.5. The van der Waals surface area contributed by atoms with Crippen molar-refractivity contribution in [2.24, 2.45) is 0 Å². The number of rotatable bonds is 2. The van der Waals surface area contributed by atoms with Crippen molar-refractivity contribution in [1.29, 1.82) is 0 Å². The minimum atomic E-state index is -0.133. The average molecular weight is 653 g/mol. The molecule has 0 saturated carbocycles. The molecule has 0 amide bonds. The van der Waals surface area contributed by atoms with Gasteiger partial charge in [-0.2, -0.15) is 0 Å². The molecule has 0 unspecified atom stereocenters. The molecule has 8 aromatic carbocycles. The van der Waals surface area contributed by atoms with Gasteiger partial charge in [0.25, 0.3) is 0 Å². The number of hydrogen-bond donors (Lipinski definition) is 0. The molecule has 1 nitrogen and oxygen atoms in total. The molecular formula is C50H36O. The van der Waals surface area contributed by atoms with E-state index in [-0.39, 0.29) is 10.8 Å². The Balaban J connectivity index is 0.978. The number of hydrogen-bond acceptors (Lipinski definition) is 1. The Hall–Kier alpha value is -5.92. The molecule has 0 spiro atoms. The molecular weight excluding hydrogens is 617 g/mol. The van der Waals surface area contributed by atoms with E-state index in [0.29, 0.717) is 0 Å². The Labute approximate surface area is 298 Å². The fourth-order valence-electron chi connectivity index (χ4n) is 9.54. The van der Waals surface area contributed by atoms with E-state index in [1.807, 2.05) is 0 Å². The quantitative estimate of drug-likeness (QED) is 0.169. The van der Waals surface area contributed by atoms with Crippen LogP contribution in [0.4, 0.5) is 0 Å². The van der Waals surface area contributed by atoms with Gasteiger partial charge in [-0.3, -0.25) is 0 Å². The number of fused-ring (bicyclic) bond motifs is 10. The molecule has 0 aromatic heterocycles. The third-order valence-corrected chi connectivity index (χ3v) is 12.3. The molecule has 0 N–H and O–H groups in total. The summed E-state index contributed by atoms with van der Waals surface area (Å²) in [5.74, 6) is 1.85. The average Bonchev–Trinajstić information content (AvgIpc) is 3.53. The summed E-state index contributed by atoms with van der Waals surface area (Å²) in [6, 6.07) is 54.3. The van der Waals surface area contributed by atoms with E-state index in [2.05, 4.69) is 173 Å². The molecule has 0 saturated heterocycles. The van der Waals surface area contributed by atoms with Crippen LogP contribution in [-0.2, 0) is 10.8 Å². The summed E-state index contributed by atoms with van der Waals surface area (Å²) in [7, 11) is 0. The van der Waals surface area contributed by atoms with Crippen LogP contribution in [0.2, 0.25) is 0 Å². The van der Waals surface area contributed by atoms with E-state index < -0.39 is 0 Å². The zero-order chi connectivity index (χ0) is 34.2. The van der Waals surface area contributed by atoms with E-state index in [1.54, 1.807) is 0 Å². The van der Waals surface area contributed by atoms with Gasteiger partial charge in [0.05, 0.1) is 0 Å². The molecule has 3 aliphatic rings. The first kappa shape index (κ1) is 28.9. The Morgan fingerprint density at radius 1 is 0.353 bits per heavy atom. The fraction of sp³-hybridized carbons (Fsp3) is 0.120. The third-order valence-electron chi connectivity index (χ3n) is 12.3. The van der Waals surface area contributed by atoms with Crippen LogP contribution in [0, 0.1) is 0 Å². The monoisotopic (exact) mass is 652 g/mol. The van der Waals surface area contributed by atoms with Gasteiger partial charge in [0.15, 0.2) is 0 Å². The summed E-state index contributed by atoms with van der Waals surface area (Å²) < 4.78 is 6.60. The highest BCUT2D eigenvalue weighted by molar-refractivity contribution is 6.16. The first-order valence-electron chi connectivity index (χ1n) is 18.1. The maximum Gasteiger partial charge on any atom is 0.136 e. The molecule has 0 fully saturated rings. The van der Waals surface area contributed by atoms with E-state index >= 15 is 0 Å². The predicted molar refractivity (Wildman–Crippen MR) is 213 cm³/mol. The maximum absolute atomic E-state index is 6.60. The van der Waals surface area contributed by atoms with Gasteiger partial charge in [0, 0.05) is 21.8 Å². The second-order valence-electron chi connectivity index (χ2n) is 15.7. The topological polar surface area (TPSA) is 9.23 Å². The molecule has 1 heterocycles. The van der Waals surface area contributed by atoms with Crippen LogP contribution >= 0.6 is 0 Å². The van der Waals surface area contributed by atoms with Crippen molar-refractivity contribution in [3.63, 3.8) is 0 Å². The van der Waals surface area contributed by atoms with E-state index in [1.165, 1.54) is 93.9 Å². The molecule has 1 aliphatic heterocycles. The number of ether oxygens (including phenoxy) is 1. The van der Waals surface area contributed by atoms with Crippen molar-refractivity contribution in [3.05, 3.63) is 168 Å². The van der Waals surface area contributed by atoms with Crippen LogP contribution in [0.5, 0.6) is 11.5 Å². The van der Waals surface area contributed by atoms with Gasteiger partial charge in [0.2, 0.25) is 0 Å². The van der Waals surface area contributed by atoms with E-state index in [0.717, 1.165) is 17.1 Å². The van der Waals surface area contributed by atoms with Crippen molar-refractivity contribution in [3.8, 4) is 67.1 Å². The second kappa shape index (κ2) is 9.86. The molecule has 2 aliphatic carbocycles. The van der Waals surface area contributed by atoms with Gasteiger partial charge < -0.3 is 4.74 Å². The van der Waals surface area contributed by atoms with Crippen molar-refractivity contribution in [2.45, 2.75) is 38.5 Å². The lowest BCUT2D eigenvalue weighted by molar-refractivity contribution is 0.488. The molecule has 0 atom stereocenters. The lowest BCUT2D eigenvalue weighted by Gasteiger charge is -2.24. The highest BCUT2D eigenvalue weighted by Crippen LogP contribution is 2.54. The molecule has 1 heteroatoms. The smallest absolute Gasteiger partial charge is 0.136 e. The normalized spacial score (nSPS) is 15.1. The lowest BCUT2D eigenvalue weighted by atomic mass is 9.80. The van der Waals surface area contributed by atoms with Crippen molar-refractivity contribution < 1.29 is 4.74 Å². The molecule has 11 rings (SSSR count). The summed E-state index contributed by atoms with van der Waals surface area (Å²) in [4.78, 5) is 0. The molecule has 0 radical (unpaired) electrons. The first-order chi connectivity index (χ1) is 24.8. The fourth-order valence-corrected chi connectivity index (χ4v) is 9.54.